The molecule has 1 N–H and O–H groups in total. The number of sulfonamides is 1. The summed E-state index contributed by atoms with van der Waals surface area (Å²) in [5.74, 6) is -0.570. The van der Waals surface area contributed by atoms with E-state index in [-0.39, 0.29) is 27.3 Å². The quantitative estimate of drug-likeness (QED) is 0.363. The lowest BCUT2D eigenvalue weighted by Gasteiger charge is -2.19. The Balaban J connectivity index is 1.59. The number of thiazole rings is 1. The number of hydrogen-bond donors (Lipinski definition) is 1. The maximum atomic E-state index is 15.8. The fraction of sp³-hybridized carbons (Fsp3) is 0.273. The molecule has 0 bridgehead atoms. The Morgan fingerprint density at radius 2 is 2.03 bits per heavy atom. The number of halogens is 2. The molecule has 3 aromatic heterocycles. The zero-order valence-electron chi connectivity index (χ0n) is 18.5. The molecule has 5 rings (SSSR count). The molecule has 1 aromatic carbocycles. The number of anilines is 1. The molecule has 9 nitrogen and oxygen atoms in total. The van der Waals surface area contributed by atoms with Crippen LogP contribution in [0, 0.1) is 5.82 Å². The highest BCUT2D eigenvalue weighted by Crippen LogP contribution is 2.42. The summed E-state index contributed by atoms with van der Waals surface area (Å²) in [5, 5.41) is 4.78. The number of benzene rings is 1. The van der Waals surface area contributed by atoms with Crippen molar-refractivity contribution in [3.8, 4) is 21.8 Å². The number of rotatable bonds is 6. The van der Waals surface area contributed by atoms with Crippen LogP contribution in [0.15, 0.2) is 47.8 Å². The van der Waals surface area contributed by atoms with E-state index in [9.17, 15) is 8.42 Å². The fourth-order valence-electron chi connectivity index (χ4n) is 3.81. The molecule has 13 heteroatoms. The molecule has 0 spiro atoms. The molecule has 4 heterocycles. The summed E-state index contributed by atoms with van der Waals surface area (Å²) in [6.45, 7) is 1.27. The normalized spacial score (nSPS) is 14.8. The highest BCUT2D eigenvalue weighted by molar-refractivity contribution is 7.92. The van der Waals surface area contributed by atoms with Crippen LogP contribution in [-0.2, 0) is 21.8 Å². The molecule has 0 radical (unpaired) electrons. The highest BCUT2D eigenvalue weighted by Gasteiger charge is 2.26. The van der Waals surface area contributed by atoms with Crippen molar-refractivity contribution in [2.24, 2.45) is 7.05 Å². The van der Waals surface area contributed by atoms with Gasteiger partial charge in [-0.05, 0) is 42.6 Å². The summed E-state index contributed by atoms with van der Waals surface area (Å²) in [6, 6.07) is 6.18. The van der Waals surface area contributed by atoms with E-state index in [0.29, 0.717) is 29.5 Å². The Kier molecular flexibility index (Phi) is 6.53. The second-order valence-corrected chi connectivity index (χ2v) is 11.0. The van der Waals surface area contributed by atoms with Gasteiger partial charge in [-0.1, -0.05) is 6.07 Å². The van der Waals surface area contributed by atoms with Crippen LogP contribution in [0.2, 0.25) is 5.28 Å². The zero-order valence-corrected chi connectivity index (χ0v) is 20.9. The molecule has 182 valence electrons. The number of aryl methyl sites for hydroxylation is 1. The topological polar surface area (TPSA) is 112 Å². The van der Waals surface area contributed by atoms with Crippen molar-refractivity contribution < 1.29 is 17.5 Å². The van der Waals surface area contributed by atoms with Crippen LogP contribution in [0.3, 0.4) is 0 Å². The Hall–Kier alpha value is -2.93. The number of nitrogens with one attached hydrogen (secondary N) is 1. The minimum Gasteiger partial charge on any atom is -0.381 e. The highest BCUT2D eigenvalue weighted by atomic mass is 35.5. The van der Waals surface area contributed by atoms with Crippen LogP contribution in [-0.4, -0.2) is 46.4 Å². The fourth-order valence-corrected chi connectivity index (χ4v) is 6.22. The van der Waals surface area contributed by atoms with E-state index in [1.165, 1.54) is 40.7 Å². The average Bonchev–Trinajstić information content (AvgIpc) is 3.48. The van der Waals surface area contributed by atoms with Crippen molar-refractivity contribution in [3.63, 3.8) is 0 Å². The molecule has 0 saturated carbocycles. The van der Waals surface area contributed by atoms with Crippen molar-refractivity contribution >= 4 is 38.6 Å². The predicted octanol–water partition coefficient (Wildman–Crippen LogP) is 4.49. The van der Waals surface area contributed by atoms with Gasteiger partial charge in [0.05, 0.1) is 33.2 Å². The van der Waals surface area contributed by atoms with Gasteiger partial charge in [0, 0.05) is 44.1 Å². The van der Waals surface area contributed by atoms with Gasteiger partial charge in [0.1, 0.15) is 4.90 Å². The molecule has 35 heavy (non-hydrogen) atoms. The SMILES string of the molecule is Cn1cc(S(=O)(=O)Nc2cccc(-c3nc(C4CCOCC4)sc3-c3ccnc(Cl)n3)c2F)cn1. The lowest BCUT2D eigenvalue weighted by atomic mass is 10.0. The van der Waals surface area contributed by atoms with Gasteiger partial charge in [-0.25, -0.2) is 27.8 Å². The van der Waals surface area contributed by atoms with Crippen LogP contribution in [0.5, 0.6) is 0 Å². The minimum atomic E-state index is -4.04. The van der Waals surface area contributed by atoms with Crippen LogP contribution in [0.25, 0.3) is 21.8 Å². The Labute approximate surface area is 210 Å². The lowest BCUT2D eigenvalue weighted by Crippen LogP contribution is -2.14. The Morgan fingerprint density at radius 3 is 2.74 bits per heavy atom. The summed E-state index contributed by atoms with van der Waals surface area (Å²) in [6.07, 6.45) is 5.68. The molecule has 1 aliphatic heterocycles. The predicted molar refractivity (Wildman–Crippen MR) is 130 cm³/mol. The van der Waals surface area contributed by atoms with E-state index in [4.69, 9.17) is 21.3 Å². The van der Waals surface area contributed by atoms with Crippen LogP contribution < -0.4 is 4.72 Å². The van der Waals surface area contributed by atoms with Gasteiger partial charge in [-0.2, -0.15) is 5.10 Å². The standard InChI is InChI=1S/C22H20ClFN6O3S2/c1-30-12-14(11-26-30)35(31,32)29-16-4-2-3-15(18(16)24)19-20(17-5-8-25-22(23)27-17)34-21(28-19)13-6-9-33-10-7-13/h2-5,8,11-13,29H,6-7,9-10H2,1H3. The van der Waals surface area contributed by atoms with E-state index < -0.39 is 15.8 Å². The first-order chi connectivity index (χ1) is 16.8. The van der Waals surface area contributed by atoms with Crippen LogP contribution in [0.1, 0.15) is 23.8 Å². The Bertz CT molecular complexity index is 1480. The van der Waals surface area contributed by atoms with E-state index in [2.05, 4.69) is 19.8 Å². The third-order valence-electron chi connectivity index (χ3n) is 5.56. The van der Waals surface area contributed by atoms with Crippen molar-refractivity contribution in [1.82, 2.24) is 24.7 Å². The van der Waals surface area contributed by atoms with Gasteiger partial charge in [0.25, 0.3) is 10.0 Å². The maximum absolute atomic E-state index is 15.8. The van der Waals surface area contributed by atoms with E-state index in [1.54, 1.807) is 25.2 Å². The second kappa shape index (κ2) is 9.61. The number of ether oxygens (including phenoxy) is 1. The summed E-state index contributed by atoms with van der Waals surface area (Å²) < 4.78 is 50.4. The molecule has 0 amide bonds. The van der Waals surface area contributed by atoms with E-state index >= 15 is 4.39 Å². The largest absolute Gasteiger partial charge is 0.381 e. The zero-order chi connectivity index (χ0) is 24.6. The first-order valence-electron chi connectivity index (χ1n) is 10.7. The van der Waals surface area contributed by atoms with Crippen LogP contribution in [0.4, 0.5) is 10.1 Å². The summed E-state index contributed by atoms with van der Waals surface area (Å²) >= 11 is 7.44. The lowest BCUT2D eigenvalue weighted by molar-refractivity contribution is 0.0853. The third kappa shape index (κ3) is 4.92. The van der Waals surface area contributed by atoms with Gasteiger partial charge >= 0.3 is 0 Å². The first kappa shape index (κ1) is 23.8. The molecule has 0 aliphatic carbocycles. The molecule has 1 saturated heterocycles. The van der Waals surface area contributed by atoms with Gasteiger partial charge in [0.2, 0.25) is 5.28 Å². The van der Waals surface area contributed by atoms with Gasteiger partial charge in [-0.3, -0.25) is 9.40 Å². The van der Waals surface area contributed by atoms with Crippen molar-refractivity contribution in [1.29, 1.82) is 0 Å². The van der Waals surface area contributed by atoms with Crippen LogP contribution >= 0.6 is 22.9 Å². The second-order valence-electron chi connectivity index (χ2n) is 7.95. The molecule has 0 unspecified atom stereocenters. The van der Waals surface area contributed by atoms with E-state index in [1.807, 2.05) is 0 Å². The van der Waals surface area contributed by atoms with Crippen molar-refractivity contribution in [2.45, 2.75) is 23.7 Å². The van der Waals surface area contributed by atoms with Gasteiger partial charge < -0.3 is 4.74 Å². The molecule has 1 fully saturated rings. The minimum absolute atomic E-state index is 0.0629. The first-order valence-corrected chi connectivity index (χ1v) is 13.4. The number of nitrogens with zero attached hydrogens (tertiary/aromatic N) is 5. The molecule has 0 atom stereocenters. The van der Waals surface area contributed by atoms with Gasteiger partial charge in [0.15, 0.2) is 5.82 Å². The molecule has 1 aliphatic rings. The molecular weight excluding hydrogens is 515 g/mol. The smallest absolute Gasteiger partial charge is 0.265 e. The molecular formula is C22H20ClFN6O3S2. The van der Waals surface area contributed by atoms with Gasteiger partial charge in [-0.15, -0.1) is 11.3 Å². The number of aromatic nitrogens is 5. The van der Waals surface area contributed by atoms with Crippen molar-refractivity contribution in [2.75, 3.05) is 17.9 Å². The monoisotopic (exact) mass is 534 g/mol. The summed E-state index contributed by atoms with van der Waals surface area (Å²) in [7, 11) is -2.44. The third-order valence-corrected chi connectivity index (χ3v) is 8.31. The van der Waals surface area contributed by atoms with Crippen molar-refractivity contribution in [3.05, 3.63) is 59.0 Å². The van der Waals surface area contributed by atoms with E-state index in [0.717, 1.165) is 17.8 Å². The number of hydrogen-bond acceptors (Lipinski definition) is 8. The molecule has 4 aromatic rings. The average molecular weight is 535 g/mol. The summed E-state index contributed by atoms with van der Waals surface area (Å²) in [5.41, 5.74) is 0.831. The maximum Gasteiger partial charge on any atom is 0.265 e. The summed E-state index contributed by atoms with van der Waals surface area (Å²) in [4.78, 5) is 13.6. The Morgan fingerprint density at radius 1 is 1.23 bits per heavy atom.